The number of carbonyl (C=O) groups is 2. The Morgan fingerprint density at radius 2 is 2.07 bits per heavy atom. The van der Waals surface area contributed by atoms with Gasteiger partial charge in [-0.25, -0.2) is 9.97 Å². The molecule has 0 spiro atoms. The molecule has 0 saturated carbocycles. The maximum atomic E-state index is 13.0. The van der Waals surface area contributed by atoms with E-state index in [0.29, 0.717) is 37.4 Å². The minimum absolute atomic E-state index is 0. The fourth-order valence-corrected chi connectivity index (χ4v) is 3.18. The van der Waals surface area contributed by atoms with Crippen molar-refractivity contribution in [3.8, 4) is 5.82 Å². The Balaban J connectivity index is 0.00000196. The molecule has 1 atom stereocenters. The van der Waals surface area contributed by atoms with Gasteiger partial charge >= 0.3 is 0 Å². The molecule has 0 aliphatic carbocycles. The molecule has 0 bridgehead atoms. The average molecular weight is 429 g/mol. The van der Waals surface area contributed by atoms with Crippen LogP contribution in [-0.2, 0) is 4.79 Å². The Bertz CT molecular complexity index is 756. The Hall–Kier alpha value is -2.16. The smallest absolute Gasteiger partial charge is 0.254 e. The monoisotopic (exact) mass is 428 g/mol. The van der Waals surface area contributed by atoms with Crippen LogP contribution in [0.25, 0.3) is 5.82 Å². The summed E-state index contributed by atoms with van der Waals surface area (Å²) in [7, 11) is 0. The molecule has 0 radical (unpaired) electrons. The third-order valence-corrected chi connectivity index (χ3v) is 4.56. The molecular weight excluding hydrogens is 403 g/mol. The number of rotatable bonds is 6. The molecule has 2 amide bonds. The maximum Gasteiger partial charge on any atom is 0.254 e. The predicted molar refractivity (Wildman–Crippen MR) is 111 cm³/mol. The van der Waals surface area contributed by atoms with E-state index in [1.165, 1.54) is 0 Å². The van der Waals surface area contributed by atoms with Crippen LogP contribution in [0.1, 0.15) is 36.0 Å². The quantitative estimate of drug-likeness (QED) is 0.725. The van der Waals surface area contributed by atoms with E-state index in [4.69, 9.17) is 5.73 Å². The normalized spacial score (nSPS) is 15.9. The Morgan fingerprint density at radius 1 is 1.25 bits per heavy atom. The van der Waals surface area contributed by atoms with E-state index in [2.05, 4.69) is 15.3 Å². The summed E-state index contributed by atoms with van der Waals surface area (Å²) in [5.41, 5.74) is 5.99. The van der Waals surface area contributed by atoms with Crippen molar-refractivity contribution in [1.82, 2.24) is 24.8 Å². The van der Waals surface area contributed by atoms with E-state index < -0.39 is 0 Å². The molecule has 2 aromatic rings. The molecule has 1 unspecified atom stereocenters. The van der Waals surface area contributed by atoms with Gasteiger partial charge in [0.15, 0.2) is 0 Å². The fourth-order valence-electron chi connectivity index (χ4n) is 3.18. The summed E-state index contributed by atoms with van der Waals surface area (Å²) in [6, 6.07) is 3.49. The number of hydrogen-bond donors (Lipinski definition) is 2. The van der Waals surface area contributed by atoms with E-state index in [1.807, 2.05) is 4.90 Å². The number of aromatic nitrogens is 3. The number of nitrogens with zero attached hydrogens (tertiary/aromatic N) is 4. The van der Waals surface area contributed by atoms with Gasteiger partial charge in [0.05, 0.1) is 0 Å². The number of amides is 2. The van der Waals surface area contributed by atoms with Crippen LogP contribution in [0.4, 0.5) is 0 Å². The predicted octanol–water partition coefficient (Wildman–Crippen LogP) is 1.57. The summed E-state index contributed by atoms with van der Waals surface area (Å²) in [6.45, 7) is 1.48. The summed E-state index contributed by atoms with van der Waals surface area (Å²) in [4.78, 5) is 34.9. The first-order valence-electron chi connectivity index (χ1n) is 8.91. The van der Waals surface area contributed by atoms with Crippen LogP contribution in [0, 0.1) is 0 Å². The van der Waals surface area contributed by atoms with Crippen LogP contribution >= 0.6 is 24.8 Å². The molecule has 1 fully saturated rings. The van der Waals surface area contributed by atoms with Gasteiger partial charge in [-0.2, -0.15) is 0 Å². The van der Waals surface area contributed by atoms with Gasteiger partial charge in [0.2, 0.25) is 5.91 Å². The van der Waals surface area contributed by atoms with Crippen LogP contribution in [-0.4, -0.2) is 56.9 Å². The zero-order valence-electron chi connectivity index (χ0n) is 15.5. The molecule has 1 aliphatic rings. The Labute approximate surface area is 176 Å². The highest BCUT2D eigenvalue weighted by Gasteiger charge is 2.28. The number of halogens is 2. The van der Waals surface area contributed by atoms with Gasteiger partial charge in [0.1, 0.15) is 12.1 Å². The van der Waals surface area contributed by atoms with Crippen molar-refractivity contribution < 1.29 is 9.59 Å². The average Bonchev–Trinajstić information content (AvgIpc) is 3.21. The van der Waals surface area contributed by atoms with Crippen molar-refractivity contribution >= 4 is 36.6 Å². The highest BCUT2D eigenvalue weighted by Crippen LogP contribution is 2.20. The van der Waals surface area contributed by atoms with E-state index in [-0.39, 0.29) is 42.7 Å². The molecule has 154 valence electrons. The molecule has 1 aliphatic heterocycles. The van der Waals surface area contributed by atoms with Crippen LogP contribution in [0.15, 0.2) is 37.1 Å². The largest absolute Gasteiger partial charge is 0.354 e. The van der Waals surface area contributed by atoms with Gasteiger partial charge in [-0.3, -0.25) is 14.2 Å². The number of nitrogens with one attached hydrogen (secondary N) is 1. The van der Waals surface area contributed by atoms with Crippen molar-refractivity contribution in [2.45, 2.75) is 31.7 Å². The number of carbonyl (C=O) groups excluding carboxylic acids is 2. The van der Waals surface area contributed by atoms with Crippen LogP contribution in [0.2, 0.25) is 0 Å². The summed E-state index contributed by atoms with van der Waals surface area (Å²) in [5.74, 6) is 0.543. The third kappa shape index (κ3) is 5.92. The van der Waals surface area contributed by atoms with Crippen LogP contribution < -0.4 is 11.1 Å². The minimum atomic E-state index is -0.0724. The second-order valence-corrected chi connectivity index (χ2v) is 6.36. The zero-order valence-corrected chi connectivity index (χ0v) is 17.1. The second-order valence-electron chi connectivity index (χ2n) is 6.36. The van der Waals surface area contributed by atoms with Gasteiger partial charge < -0.3 is 16.0 Å². The number of pyridine rings is 1. The standard InChI is InChI=1S/C18H24N6O2.2ClH/c19-6-4-17(25)22-12-15-3-1-2-9-24(15)18(26)14-5-7-21-16(11-14)23-10-8-20-13-23;;/h5,7-8,10-11,13,15H,1-4,6,9,12,19H2,(H,22,25);2*1H. The SMILES string of the molecule is Cl.Cl.NCCC(=O)NCC1CCCCN1C(=O)c1ccnc(-n2ccnc2)c1. The second kappa shape index (κ2) is 11.6. The van der Waals surface area contributed by atoms with Gasteiger partial charge in [-0.15, -0.1) is 24.8 Å². The van der Waals surface area contributed by atoms with E-state index in [9.17, 15) is 9.59 Å². The number of hydrogen-bond acceptors (Lipinski definition) is 5. The third-order valence-electron chi connectivity index (χ3n) is 4.56. The number of piperidine rings is 1. The van der Waals surface area contributed by atoms with Crippen molar-refractivity contribution in [2.75, 3.05) is 19.6 Å². The lowest BCUT2D eigenvalue weighted by Crippen LogP contribution is -2.49. The summed E-state index contributed by atoms with van der Waals surface area (Å²) in [5, 5.41) is 2.89. The molecule has 2 aromatic heterocycles. The Morgan fingerprint density at radius 3 is 2.79 bits per heavy atom. The first-order chi connectivity index (χ1) is 12.7. The topological polar surface area (TPSA) is 106 Å². The summed E-state index contributed by atoms with van der Waals surface area (Å²) in [6.07, 6.45) is 9.94. The number of imidazole rings is 1. The first kappa shape index (κ1) is 23.9. The highest BCUT2D eigenvalue weighted by atomic mass is 35.5. The maximum absolute atomic E-state index is 13.0. The molecule has 8 nitrogen and oxygen atoms in total. The molecular formula is C18H26Cl2N6O2. The number of likely N-dealkylation sites (tertiary alicyclic amines) is 1. The van der Waals surface area contributed by atoms with Gasteiger partial charge in [-0.05, 0) is 31.4 Å². The lowest BCUT2D eigenvalue weighted by molar-refractivity contribution is -0.121. The Kier molecular flexibility index (Phi) is 9.92. The minimum Gasteiger partial charge on any atom is -0.354 e. The molecule has 10 heteroatoms. The molecule has 28 heavy (non-hydrogen) atoms. The lowest BCUT2D eigenvalue weighted by Gasteiger charge is -2.36. The molecule has 3 rings (SSSR count). The zero-order chi connectivity index (χ0) is 18.4. The van der Waals surface area contributed by atoms with E-state index in [1.54, 1.807) is 41.6 Å². The molecule has 3 N–H and O–H groups in total. The van der Waals surface area contributed by atoms with Gasteiger partial charge in [0.25, 0.3) is 5.91 Å². The van der Waals surface area contributed by atoms with Crippen molar-refractivity contribution in [2.24, 2.45) is 5.73 Å². The summed E-state index contributed by atoms with van der Waals surface area (Å²) < 4.78 is 1.76. The van der Waals surface area contributed by atoms with Crippen molar-refractivity contribution in [3.05, 3.63) is 42.6 Å². The van der Waals surface area contributed by atoms with Gasteiger partial charge in [0, 0.05) is 56.3 Å². The molecule has 0 aromatic carbocycles. The highest BCUT2D eigenvalue weighted by molar-refractivity contribution is 5.95. The lowest BCUT2D eigenvalue weighted by atomic mass is 10.0. The van der Waals surface area contributed by atoms with Crippen LogP contribution in [0.3, 0.4) is 0 Å². The first-order valence-corrected chi connectivity index (χ1v) is 8.91. The van der Waals surface area contributed by atoms with Crippen LogP contribution in [0.5, 0.6) is 0 Å². The molecule has 3 heterocycles. The number of nitrogens with two attached hydrogens (primary N) is 1. The van der Waals surface area contributed by atoms with Gasteiger partial charge in [-0.1, -0.05) is 0 Å². The molecule has 1 saturated heterocycles. The van der Waals surface area contributed by atoms with Crippen molar-refractivity contribution in [3.63, 3.8) is 0 Å². The van der Waals surface area contributed by atoms with E-state index in [0.717, 1.165) is 19.3 Å². The summed E-state index contributed by atoms with van der Waals surface area (Å²) >= 11 is 0. The fraction of sp³-hybridized carbons (Fsp3) is 0.444. The van der Waals surface area contributed by atoms with Crippen molar-refractivity contribution in [1.29, 1.82) is 0 Å². The van der Waals surface area contributed by atoms with E-state index >= 15 is 0 Å².